The maximum absolute atomic E-state index is 13.1. The lowest BCUT2D eigenvalue weighted by Gasteiger charge is -2.37. The zero-order valence-corrected chi connectivity index (χ0v) is 22.2. The van der Waals surface area contributed by atoms with Crippen molar-refractivity contribution >= 4 is 41.0 Å². The lowest BCUT2D eigenvalue weighted by atomic mass is 9.81. The van der Waals surface area contributed by atoms with Crippen LogP contribution in [-0.4, -0.2) is 69.7 Å². The van der Waals surface area contributed by atoms with E-state index in [4.69, 9.17) is 11.6 Å². The van der Waals surface area contributed by atoms with Crippen LogP contribution in [0.2, 0.25) is 5.02 Å². The molecule has 0 bridgehead atoms. The molecule has 0 aliphatic heterocycles. The van der Waals surface area contributed by atoms with Crippen LogP contribution in [0.1, 0.15) is 29.8 Å². The zero-order chi connectivity index (χ0) is 27.9. The van der Waals surface area contributed by atoms with Gasteiger partial charge in [0.1, 0.15) is 11.5 Å². The number of amides is 4. The Kier molecular flexibility index (Phi) is 8.82. The van der Waals surface area contributed by atoms with Gasteiger partial charge in [-0.05, 0) is 55.2 Å². The summed E-state index contributed by atoms with van der Waals surface area (Å²) in [7, 11) is 3.35. The standard InChI is InChI=1S/C27H28ClN7O4/c1-35(2)27(39)17-3-6-20(32-25(37)26(38)34-23-8-5-19(28)15-31-23)22(13-17)33-24(36)21-7-4-18(14-30-21)16-9-11-29-12-10-16/h4-5,7-12,14-15,17,20,22H,3,6,13H2,1-2H3,(H,32,37)(H,33,36)(H,31,34,38)/t17-,20-,22+/m0/s1. The number of aromatic nitrogens is 3. The normalized spacial score (nSPS) is 18.5. The van der Waals surface area contributed by atoms with E-state index >= 15 is 0 Å². The molecule has 1 saturated carbocycles. The summed E-state index contributed by atoms with van der Waals surface area (Å²) >= 11 is 5.81. The van der Waals surface area contributed by atoms with Crippen LogP contribution in [0.15, 0.2) is 61.2 Å². The fourth-order valence-electron chi connectivity index (χ4n) is 4.43. The number of rotatable bonds is 6. The van der Waals surface area contributed by atoms with Gasteiger partial charge < -0.3 is 20.9 Å². The molecule has 11 nitrogen and oxygen atoms in total. The molecule has 4 rings (SSSR count). The van der Waals surface area contributed by atoms with Crippen molar-refractivity contribution in [1.29, 1.82) is 0 Å². The summed E-state index contributed by atoms with van der Waals surface area (Å²) in [6, 6.07) is 8.90. The van der Waals surface area contributed by atoms with Gasteiger partial charge in [0.2, 0.25) is 5.91 Å². The van der Waals surface area contributed by atoms with E-state index in [2.05, 4.69) is 30.9 Å². The summed E-state index contributed by atoms with van der Waals surface area (Å²) in [6.45, 7) is 0. The predicted molar refractivity (Wildman–Crippen MR) is 145 cm³/mol. The smallest absolute Gasteiger partial charge is 0.314 e. The molecule has 0 aromatic carbocycles. The number of nitrogens with zero attached hydrogens (tertiary/aromatic N) is 4. The third kappa shape index (κ3) is 7.14. The molecule has 1 aliphatic rings. The summed E-state index contributed by atoms with van der Waals surface area (Å²) < 4.78 is 0. The number of pyridine rings is 3. The Morgan fingerprint density at radius 2 is 1.62 bits per heavy atom. The Morgan fingerprint density at radius 1 is 0.846 bits per heavy atom. The van der Waals surface area contributed by atoms with Gasteiger partial charge in [-0.1, -0.05) is 17.7 Å². The van der Waals surface area contributed by atoms with Gasteiger partial charge in [-0.2, -0.15) is 0 Å². The molecule has 3 heterocycles. The van der Waals surface area contributed by atoms with E-state index in [1.165, 1.54) is 23.2 Å². The minimum absolute atomic E-state index is 0.0644. The van der Waals surface area contributed by atoms with Crippen molar-refractivity contribution in [3.05, 3.63) is 71.9 Å². The van der Waals surface area contributed by atoms with Gasteiger partial charge in [-0.15, -0.1) is 0 Å². The Balaban J connectivity index is 1.45. The topological polar surface area (TPSA) is 146 Å². The van der Waals surface area contributed by atoms with Gasteiger partial charge in [-0.3, -0.25) is 29.1 Å². The van der Waals surface area contributed by atoms with Crippen molar-refractivity contribution < 1.29 is 19.2 Å². The van der Waals surface area contributed by atoms with Crippen LogP contribution in [0.25, 0.3) is 11.1 Å². The first-order valence-corrected chi connectivity index (χ1v) is 12.7. The van der Waals surface area contributed by atoms with Gasteiger partial charge in [0.15, 0.2) is 0 Å². The summed E-state index contributed by atoms with van der Waals surface area (Å²) in [4.78, 5) is 64.7. The van der Waals surface area contributed by atoms with Gasteiger partial charge >= 0.3 is 11.8 Å². The van der Waals surface area contributed by atoms with Gasteiger partial charge in [0.05, 0.1) is 11.1 Å². The fraction of sp³-hybridized carbons (Fsp3) is 0.296. The lowest BCUT2D eigenvalue weighted by molar-refractivity contribution is -0.137. The van der Waals surface area contributed by atoms with Gasteiger partial charge in [-0.25, -0.2) is 4.98 Å². The Bertz CT molecular complexity index is 1330. The third-order valence-corrected chi connectivity index (χ3v) is 6.68. The molecule has 39 heavy (non-hydrogen) atoms. The van der Waals surface area contributed by atoms with Crippen LogP contribution < -0.4 is 16.0 Å². The average molecular weight is 550 g/mol. The third-order valence-electron chi connectivity index (χ3n) is 6.46. The maximum Gasteiger partial charge on any atom is 0.314 e. The van der Waals surface area contributed by atoms with E-state index in [1.807, 2.05) is 12.1 Å². The second-order valence-corrected chi connectivity index (χ2v) is 9.82. The number of carbonyl (C=O) groups is 4. The minimum Gasteiger partial charge on any atom is -0.349 e. The molecule has 0 saturated heterocycles. The first-order chi connectivity index (χ1) is 18.7. The van der Waals surface area contributed by atoms with Crippen molar-refractivity contribution in [1.82, 2.24) is 30.5 Å². The van der Waals surface area contributed by atoms with Crippen molar-refractivity contribution in [3.63, 3.8) is 0 Å². The SMILES string of the molecule is CN(C)C(=O)[C@H]1CC[C@H](NC(=O)C(=O)Nc2ccc(Cl)cn2)[C@H](NC(=O)c2ccc(-c3ccncc3)cn2)C1. The molecule has 3 N–H and O–H groups in total. The van der Waals surface area contributed by atoms with E-state index in [-0.39, 0.29) is 23.3 Å². The molecule has 0 spiro atoms. The summed E-state index contributed by atoms with van der Waals surface area (Å²) in [5, 5.41) is 8.43. The number of nitrogens with one attached hydrogen (secondary N) is 3. The molecular formula is C27H28ClN7O4. The second kappa shape index (κ2) is 12.4. The Hall–Kier alpha value is -4.38. The molecule has 3 aromatic heterocycles. The fourth-order valence-corrected chi connectivity index (χ4v) is 4.55. The molecule has 12 heteroatoms. The molecule has 0 unspecified atom stereocenters. The summed E-state index contributed by atoms with van der Waals surface area (Å²) in [5.74, 6) is -2.47. The first kappa shape index (κ1) is 27.6. The highest BCUT2D eigenvalue weighted by molar-refractivity contribution is 6.39. The van der Waals surface area contributed by atoms with E-state index in [0.29, 0.717) is 24.3 Å². The van der Waals surface area contributed by atoms with E-state index < -0.39 is 29.8 Å². The van der Waals surface area contributed by atoms with E-state index in [1.54, 1.807) is 44.8 Å². The van der Waals surface area contributed by atoms with E-state index in [9.17, 15) is 19.2 Å². The summed E-state index contributed by atoms with van der Waals surface area (Å²) in [6.07, 6.45) is 7.47. The monoisotopic (exact) mass is 549 g/mol. The molecule has 3 aromatic rings. The minimum atomic E-state index is -0.908. The maximum atomic E-state index is 13.1. The van der Waals surface area contributed by atoms with Gasteiger partial charge in [0.25, 0.3) is 5.91 Å². The van der Waals surface area contributed by atoms with Gasteiger partial charge in [0, 0.05) is 56.4 Å². The quantitative estimate of drug-likeness (QED) is 0.400. The Morgan fingerprint density at radius 3 is 2.26 bits per heavy atom. The number of hydrogen-bond donors (Lipinski definition) is 3. The molecular weight excluding hydrogens is 522 g/mol. The molecule has 3 atom stereocenters. The number of anilines is 1. The van der Waals surface area contributed by atoms with Crippen molar-refractivity contribution in [2.45, 2.75) is 31.3 Å². The largest absolute Gasteiger partial charge is 0.349 e. The average Bonchev–Trinajstić information content (AvgIpc) is 2.95. The lowest BCUT2D eigenvalue weighted by Crippen LogP contribution is -2.57. The van der Waals surface area contributed by atoms with Crippen LogP contribution in [0.3, 0.4) is 0 Å². The molecule has 1 aliphatic carbocycles. The van der Waals surface area contributed by atoms with Crippen LogP contribution in [0.4, 0.5) is 5.82 Å². The first-order valence-electron chi connectivity index (χ1n) is 12.3. The highest BCUT2D eigenvalue weighted by Gasteiger charge is 2.37. The number of carbonyl (C=O) groups excluding carboxylic acids is 4. The van der Waals surface area contributed by atoms with Crippen LogP contribution in [0, 0.1) is 5.92 Å². The summed E-state index contributed by atoms with van der Waals surface area (Å²) in [5.41, 5.74) is 1.93. The van der Waals surface area contributed by atoms with Crippen molar-refractivity contribution in [3.8, 4) is 11.1 Å². The van der Waals surface area contributed by atoms with Crippen LogP contribution >= 0.6 is 11.6 Å². The molecule has 202 valence electrons. The molecule has 4 amide bonds. The van der Waals surface area contributed by atoms with Crippen LogP contribution in [-0.2, 0) is 14.4 Å². The zero-order valence-electron chi connectivity index (χ0n) is 21.4. The van der Waals surface area contributed by atoms with Crippen LogP contribution in [0.5, 0.6) is 0 Å². The highest BCUT2D eigenvalue weighted by Crippen LogP contribution is 2.27. The number of hydrogen-bond acceptors (Lipinski definition) is 7. The molecule has 0 radical (unpaired) electrons. The predicted octanol–water partition coefficient (Wildman–Crippen LogP) is 2.30. The highest BCUT2D eigenvalue weighted by atomic mass is 35.5. The Labute approximate surface area is 230 Å². The number of halogens is 1. The second-order valence-electron chi connectivity index (χ2n) is 9.39. The van der Waals surface area contributed by atoms with Crippen molar-refractivity contribution in [2.75, 3.05) is 19.4 Å². The molecule has 1 fully saturated rings. The van der Waals surface area contributed by atoms with Crippen molar-refractivity contribution in [2.24, 2.45) is 5.92 Å². The van der Waals surface area contributed by atoms with E-state index in [0.717, 1.165) is 11.1 Å².